The Kier molecular flexibility index (Phi) is 4.74. The number of esters is 1. The zero-order valence-electron chi connectivity index (χ0n) is 11.4. The number of carbonyl (C=O) groups is 2. The molecule has 2 aromatic heterocycles. The third kappa shape index (κ3) is 3.41. The summed E-state index contributed by atoms with van der Waals surface area (Å²) >= 11 is 0.974. The second kappa shape index (κ2) is 6.39. The van der Waals surface area contributed by atoms with Gasteiger partial charge in [-0.3, -0.25) is 14.0 Å². The molecule has 0 aromatic carbocycles. The van der Waals surface area contributed by atoms with Crippen molar-refractivity contribution in [3.63, 3.8) is 0 Å². The van der Waals surface area contributed by atoms with Crippen LogP contribution in [-0.2, 0) is 9.53 Å². The van der Waals surface area contributed by atoms with Gasteiger partial charge in [-0.25, -0.2) is 4.98 Å². The molecule has 22 heavy (non-hydrogen) atoms. The Morgan fingerprint density at radius 3 is 2.73 bits per heavy atom. The third-order valence-corrected chi connectivity index (χ3v) is 3.62. The fourth-order valence-electron chi connectivity index (χ4n) is 1.76. The highest BCUT2D eigenvalue weighted by Crippen LogP contribution is 2.26. The molecule has 0 N–H and O–H groups in total. The van der Waals surface area contributed by atoms with Crippen molar-refractivity contribution in [1.29, 1.82) is 0 Å². The van der Waals surface area contributed by atoms with Gasteiger partial charge in [0.05, 0.1) is 23.6 Å². The van der Waals surface area contributed by atoms with Gasteiger partial charge >= 0.3 is 12.1 Å². The number of rotatable bonds is 5. The van der Waals surface area contributed by atoms with Gasteiger partial charge in [0.1, 0.15) is 11.3 Å². The van der Waals surface area contributed by atoms with Crippen LogP contribution in [0.1, 0.15) is 17.4 Å². The van der Waals surface area contributed by atoms with Crippen molar-refractivity contribution in [3.05, 3.63) is 30.1 Å². The van der Waals surface area contributed by atoms with E-state index in [1.165, 1.54) is 12.1 Å². The lowest BCUT2D eigenvalue weighted by molar-refractivity contribution is -0.139. The van der Waals surface area contributed by atoms with Crippen LogP contribution in [0.25, 0.3) is 5.65 Å². The fraction of sp³-hybridized carbons (Fsp3) is 0.308. The van der Waals surface area contributed by atoms with Crippen molar-refractivity contribution in [2.45, 2.75) is 18.1 Å². The lowest BCUT2D eigenvalue weighted by Gasteiger charge is -2.09. The number of imidazole rings is 1. The maximum Gasteiger partial charge on any atom is 0.456 e. The number of hydrogen-bond donors (Lipinski definition) is 0. The third-order valence-electron chi connectivity index (χ3n) is 2.63. The standard InChI is InChI=1S/C13H11F3N2O3S/c1-2-21-11(19)7-22-10-5-3-4-9-17-6-8(18(9)10)12(20)13(14,15)16/h3-6H,2,7H2,1H3. The molecular weight excluding hydrogens is 321 g/mol. The summed E-state index contributed by atoms with van der Waals surface area (Å²) in [4.78, 5) is 26.6. The van der Waals surface area contributed by atoms with E-state index in [4.69, 9.17) is 4.74 Å². The van der Waals surface area contributed by atoms with Gasteiger partial charge in [-0.2, -0.15) is 13.2 Å². The van der Waals surface area contributed by atoms with Crippen molar-refractivity contribution in [2.24, 2.45) is 0 Å². The number of hydrogen-bond acceptors (Lipinski definition) is 5. The van der Waals surface area contributed by atoms with Gasteiger partial charge in [0.15, 0.2) is 0 Å². The summed E-state index contributed by atoms with van der Waals surface area (Å²) in [6.07, 6.45) is -4.12. The van der Waals surface area contributed by atoms with Crippen LogP contribution >= 0.6 is 11.8 Å². The molecule has 0 saturated carbocycles. The van der Waals surface area contributed by atoms with Crippen molar-refractivity contribution in [3.8, 4) is 0 Å². The molecule has 0 aliphatic rings. The number of ketones is 1. The van der Waals surface area contributed by atoms with E-state index in [2.05, 4.69) is 4.98 Å². The summed E-state index contributed by atoms with van der Waals surface area (Å²) in [6.45, 7) is 1.87. The Hall–Kier alpha value is -2.03. The van der Waals surface area contributed by atoms with Gasteiger partial charge in [0.25, 0.3) is 5.78 Å². The smallest absolute Gasteiger partial charge is 0.456 e. The number of Topliss-reactive ketones (excluding diaryl/α,β-unsaturated/α-hetero) is 1. The zero-order chi connectivity index (χ0) is 16.3. The van der Waals surface area contributed by atoms with Gasteiger partial charge < -0.3 is 4.74 Å². The van der Waals surface area contributed by atoms with Crippen LogP contribution in [0.5, 0.6) is 0 Å². The second-order valence-electron chi connectivity index (χ2n) is 4.12. The minimum atomic E-state index is -4.99. The predicted molar refractivity (Wildman–Crippen MR) is 72.9 cm³/mol. The summed E-state index contributed by atoms with van der Waals surface area (Å²) in [5.74, 6) is -2.55. The van der Waals surface area contributed by atoms with E-state index in [0.29, 0.717) is 5.03 Å². The van der Waals surface area contributed by atoms with Crippen molar-refractivity contribution in [1.82, 2.24) is 9.38 Å². The van der Waals surface area contributed by atoms with Gasteiger partial charge in [0, 0.05) is 0 Å². The molecule has 0 aliphatic heterocycles. The molecule has 9 heteroatoms. The molecule has 2 rings (SSSR count). The van der Waals surface area contributed by atoms with Crippen molar-refractivity contribution >= 4 is 29.2 Å². The number of halogens is 3. The van der Waals surface area contributed by atoms with Crippen molar-refractivity contribution in [2.75, 3.05) is 12.4 Å². The second-order valence-corrected chi connectivity index (χ2v) is 5.12. The molecule has 0 unspecified atom stereocenters. The number of thioether (sulfide) groups is 1. The lowest BCUT2D eigenvalue weighted by atomic mass is 10.3. The summed E-state index contributed by atoms with van der Waals surface area (Å²) in [6, 6.07) is 4.56. The SMILES string of the molecule is CCOC(=O)CSc1cccc2ncc(C(=O)C(F)(F)F)n12. The van der Waals surface area contributed by atoms with Gasteiger partial charge in [-0.1, -0.05) is 17.8 Å². The number of ether oxygens (including phenoxy) is 1. The van der Waals surface area contributed by atoms with E-state index in [-0.39, 0.29) is 18.0 Å². The van der Waals surface area contributed by atoms with Crippen LogP contribution in [0.2, 0.25) is 0 Å². The first-order valence-corrected chi connectivity index (χ1v) is 7.19. The number of fused-ring (bicyclic) bond motifs is 1. The quantitative estimate of drug-likeness (QED) is 0.479. The first-order chi connectivity index (χ1) is 10.3. The van der Waals surface area contributed by atoms with Crippen LogP contribution in [0, 0.1) is 0 Å². The van der Waals surface area contributed by atoms with Crippen LogP contribution in [-0.4, -0.2) is 39.7 Å². The molecule has 118 valence electrons. The molecule has 0 fully saturated rings. The van der Waals surface area contributed by atoms with E-state index in [1.54, 1.807) is 13.0 Å². The van der Waals surface area contributed by atoms with E-state index in [9.17, 15) is 22.8 Å². The van der Waals surface area contributed by atoms with Gasteiger partial charge in [-0.05, 0) is 19.1 Å². The summed E-state index contributed by atoms with van der Waals surface area (Å²) in [7, 11) is 0. The molecule has 0 saturated heterocycles. The average molecular weight is 332 g/mol. The monoisotopic (exact) mass is 332 g/mol. The van der Waals surface area contributed by atoms with E-state index >= 15 is 0 Å². The summed E-state index contributed by atoms with van der Waals surface area (Å²) < 4.78 is 43.7. The number of alkyl halides is 3. The lowest BCUT2D eigenvalue weighted by Crippen LogP contribution is -2.24. The Labute approximate surface area is 127 Å². The molecule has 0 radical (unpaired) electrons. The first-order valence-electron chi connectivity index (χ1n) is 6.21. The molecule has 0 aliphatic carbocycles. The average Bonchev–Trinajstić information content (AvgIpc) is 2.88. The molecule has 0 bridgehead atoms. The summed E-state index contributed by atoms with van der Waals surface area (Å²) in [5, 5.41) is 0.302. The molecule has 0 amide bonds. The van der Waals surface area contributed by atoms with Crippen LogP contribution in [0.4, 0.5) is 13.2 Å². The van der Waals surface area contributed by atoms with E-state index in [0.717, 1.165) is 22.4 Å². The van der Waals surface area contributed by atoms with Crippen LogP contribution in [0.3, 0.4) is 0 Å². The molecule has 2 heterocycles. The van der Waals surface area contributed by atoms with Gasteiger partial charge in [-0.15, -0.1) is 0 Å². The Balaban J connectivity index is 2.37. The Morgan fingerprint density at radius 2 is 2.09 bits per heavy atom. The zero-order valence-corrected chi connectivity index (χ0v) is 12.2. The fourth-order valence-corrected chi connectivity index (χ4v) is 2.60. The number of nitrogens with zero attached hydrogens (tertiary/aromatic N) is 2. The summed E-state index contributed by atoms with van der Waals surface area (Å²) in [5.41, 5.74) is -0.393. The molecular formula is C13H11F3N2O3S. The van der Waals surface area contributed by atoms with Crippen LogP contribution in [0.15, 0.2) is 29.4 Å². The van der Waals surface area contributed by atoms with E-state index < -0.39 is 23.6 Å². The van der Waals surface area contributed by atoms with E-state index in [1.807, 2.05) is 0 Å². The van der Waals surface area contributed by atoms with Crippen LogP contribution < -0.4 is 0 Å². The molecule has 5 nitrogen and oxygen atoms in total. The number of carbonyl (C=O) groups excluding carboxylic acids is 2. The minimum absolute atomic E-state index is 0.0786. The minimum Gasteiger partial charge on any atom is -0.465 e. The topological polar surface area (TPSA) is 60.7 Å². The largest absolute Gasteiger partial charge is 0.465 e. The Bertz CT molecular complexity index is 712. The Morgan fingerprint density at radius 1 is 1.36 bits per heavy atom. The highest BCUT2D eigenvalue weighted by atomic mass is 32.2. The molecule has 2 aromatic rings. The number of pyridine rings is 1. The highest BCUT2D eigenvalue weighted by molar-refractivity contribution is 7.99. The normalized spacial score (nSPS) is 11.6. The molecule has 0 spiro atoms. The van der Waals surface area contributed by atoms with Gasteiger partial charge in [0.2, 0.25) is 0 Å². The van der Waals surface area contributed by atoms with Crippen molar-refractivity contribution < 1.29 is 27.5 Å². The highest BCUT2D eigenvalue weighted by Gasteiger charge is 2.41. The molecule has 0 atom stereocenters. The number of aromatic nitrogens is 2. The first kappa shape index (κ1) is 16.3. The predicted octanol–water partition coefficient (Wildman–Crippen LogP) is 2.73. The maximum atomic E-state index is 12.6. The maximum absolute atomic E-state index is 12.6.